The van der Waals surface area contributed by atoms with Crippen LogP contribution in [-0.2, 0) is 9.84 Å². The lowest BCUT2D eigenvalue weighted by atomic mass is 10.2. The Labute approximate surface area is 191 Å². The van der Waals surface area contributed by atoms with Crippen LogP contribution in [-0.4, -0.2) is 23.7 Å². The van der Waals surface area contributed by atoms with Crippen LogP contribution in [0.2, 0.25) is 5.02 Å². The van der Waals surface area contributed by atoms with E-state index in [0.717, 1.165) is 29.2 Å². The SMILES string of the molecule is CCS(=O)(=O)c1cc(F)cc(Oc2cccc(-n3c(C(C)C)nc4c(Cl)cccc43)c2)c1. The van der Waals surface area contributed by atoms with E-state index in [-0.39, 0.29) is 22.3 Å². The highest BCUT2D eigenvalue weighted by Gasteiger charge is 2.18. The first-order valence-electron chi connectivity index (χ1n) is 10.2. The Hall–Kier alpha value is -2.90. The quantitative estimate of drug-likeness (QED) is 0.320. The van der Waals surface area contributed by atoms with Gasteiger partial charge >= 0.3 is 0 Å². The van der Waals surface area contributed by atoms with Crippen molar-refractivity contribution in [3.05, 3.63) is 77.3 Å². The van der Waals surface area contributed by atoms with Crippen LogP contribution in [0.15, 0.2) is 65.6 Å². The Morgan fingerprint density at radius 2 is 1.81 bits per heavy atom. The van der Waals surface area contributed by atoms with E-state index in [1.807, 2.05) is 28.8 Å². The van der Waals surface area contributed by atoms with Crippen LogP contribution in [0.1, 0.15) is 32.5 Å². The Morgan fingerprint density at radius 3 is 2.53 bits per heavy atom. The van der Waals surface area contributed by atoms with E-state index in [9.17, 15) is 12.8 Å². The number of imidazole rings is 1. The number of fused-ring (bicyclic) bond motifs is 1. The van der Waals surface area contributed by atoms with Crippen LogP contribution in [0.5, 0.6) is 11.5 Å². The average Bonchev–Trinajstić information content (AvgIpc) is 3.15. The van der Waals surface area contributed by atoms with Crippen molar-refractivity contribution in [2.24, 2.45) is 0 Å². The Morgan fingerprint density at radius 1 is 1.06 bits per heavy atom. The van der Waals surface area contributed by atoms with Crippen molar-refractivity contribution in [1.82, 2.24) is 9.55 Å². The number of benzene rings is 3. The summed E-state index contributed by atoms with van der Waals surface area (Å²) >= 11 is 6.37. The summed E-state index contributed by atoms with van der Waals surface area (Å²) in [5.41, 5.74) is 2.37. The van der Waals surface area contributed by atoms with Crippen LogP contribution in [0.3, 0.4) is 0 Å². The van der Waals surface area contributed by atoms with Gasteiger partial charge in [0.1, 0.15) is 28.7 Å². The van der Waals surface area contributed by atoms with Crippen molar-refractivity contribution in [2.75, 3.05) is 5.75 Å². The molecule has 1 aromatic heterocycles. The third-order valence-electron chi connectivity index (χ3n) is 5.07. The molecular weight excluding hydrogens is 451 g/mol. The van der Waals surface area contributed by atoms with Crippen LogP contribution in [0.25, 0.3) is 16.7 Å². The third kappa shape index (κ3) is 4.23. The van der Waals surface area contributed by atoms with Gasteiger partial charge in [0.25, 0.3) is 0 Å². The number of aromatic nitrogens is 2. The topological polar surface area (TPSA) is 61.2 Å². The second kappa shape index (κ2) is 8.56. The largest absolute Gasteiger partial charge is 0.457 e. The molecule has 0 amide bonds. The van der Waals surface area contributed by atoms with Gasteiger partial charge in [-0.25, -0.2) is 17.8 Å². The van der Waals surface area contributed by atoms with E-state index >= 15 is 0 Å². The molecule has 0 aliphatic carbocycles. The fourth-order valence-electron chi connectivity index (χ4n) is 3.51. The Kier molecular flexibility index (Phi) is 5.97. The number of hydrogen-bond donors (Lipinski definition) is 0. The summed E-state index contributed by atoms with van der Waals surface area (Å²) in [5.74, 6) is 0.714. The summed E-state index contributed by atoms with van der Waals surface area (Å²) in [5, 5.41) is 0.569. The molecule has 8 heteroatoms. The highest BCUT2D eigenvalue weighted by molar-refractivity contribution is 7.91. The summed E-state index contributed by atoms with van der Waals surface area (Å²) in [6.45, 7) is 5.61. The zero-order chi connectivity index (χ0) is 23.0. The molecular formula is C24H22ClFN2O3S. The van der Waals surface area contributed by atoms with Gasteiger partial charge in [-0.05, 0) is 36.4 Å². The Bertz CT molecular complexity index is 1410. The predicted molar refractivity (Wildman–Crippen MR) is 124 cm³/mol. The first-order valence-corrected chi connectivity index (χ1v) is 12.2. The Balaban J connectivity index is 1.79. The van der Waals surface area contributed by atoms with Crippen molar-refractivity contribution < 1.29 is 17.5 Å². The van der Waals surface area contributed by atoms with Gasteiger partial charge in [-0.3, -0.25) is 4.57 Å². The maximum absolute atomic E-state index is 14.1. The lowest BCUT2D eigenvalue weighted by Gasteiger charge is -2.14. The van der Waals surface area contributed by atoms with E-state index < -0.39 is 15.7 Å². The highest BCUT2D eigenvalue weighted by atomic mass is 35.5. The van der Waals surface area contributed by atoms with E-state index in [2.05, 4.69) is 13.8 Å². The van der Waals surface area contributed by atoms with Crippen LogP contribution in [0, 0.1) is 5.82 Å². The summed E-state index contributed by atoms with van der Waals surface area (Å²) in [6.07, 6.45) is 0. The van der Waals surface area contributed by atoms with Gasteiger partial charge in [0.2, 0.25) is 0 Å². The van der Waals surface area contributed by atoms with E-state index in [1.54, 1.807) is 18.2 Å². The molecule has 0 radical (unpaired) electrons. The summed E-state index contributed by atoms with van der Waals surface area (Å²) in [6, 6.07) is 16.4. The van der Waals surface area contributed by atoms with E-state index in [1.165, 1.54) is 13.0 Å². The second-order valence-electron chi connectivity index (χ2n) is 7.69. The fraction of sp³-hybridized carbons (Fsp3) is 0.208. The first-order chi connectivity index (χ1) is 15.2. The average molecular weight is 473 g/mol. The first kappa shape index (κ1) is 22.3. The lowest BCUT2D eigenvalue weighted by Crippen LogP contribution is -2.04. The van der Waals surface area contributed by atoms with Crippen molar-refractivity contribution >= 4 is 32.5 Å². The maximum atomic E-state index is 14.1. The molecule has 5 nitrogen and oxygen atoms in total. The molecule has 0 spiro atoms. The minimum absolute atomic E-state index is 0.108. The number of rotatable bonds is 6. The highest BCUT2D eigenvalue weighted by Crippen LogP contribution is 2.32. The van der Waals surface area contributed by atoms with Gasteiger partial charge in [0.05, 0.1) is 26.9 Å². The third-order valence-corrected chi connectivity index (χ3v) is 7.09. The molecule has 4 aromatic rings. The van der Waals surface area contributed by atoms with Gasteiger partial charge in [-0.1, -0.05) is 44.5 Å². The number of ether oxygens (including phenoxy) is 1. The molecule has 0 saturated heterocycles. The number of hydrogen-bond acceptors (Lipinski definition) is 4. The van der Waals surface area contributed by atoms with Crippen LogP contribution in [0.4, 0.5) is 4.39 Å². The smallest absolute Gasteiger partial charge is 0.178 e. The lowest BCUT2D eigenvalue weighted by molar-refractivity contribution is 0.473. The summed E-state index contributed by atoms with van der Waals surface area (Å²) in [7, 11) is -3.57. The predicted octanol–water partition coefficient (Wildman–Crippen LogP) is 6.53. The molecule has 0 saturated carbocycles. The molecule has 0 N–H and O–H groups in total. The van der Waals surface area contributed by atoms with Crippen LogP contribution < -0.4 is 4.74 Å². The van der Waals surface area contributed by atoms with Gasteiger partial charge in [-0.15, -0.1) is 0 Å². The van der Waals surface area contributed by atoms with Gasteiger partial charge in [0, 0.05) is 18.1 Å². The zero-order valence-corrected chi connectivity index (χ0v) is 19.4. The molecule has 0 fully saturated rings. The van der Waals surface area contributed by atoms with Crippen molar-refractivity contribution in [1.29, 1.82) is 0 Å². The molecule has 0 atom stereocenters. The maximum Gasteiger partial charge on any atom is 0.178 e. The van der Waals surface area contributed by atoms with E-state index in [4.69, 9.17) is 21.3 Å². The normalized spacial score (nSPS) is 11.9. The van der Waals surface area contributed by atoms with Crippen molar-refractivity contribution in [3.63, 3.8) is 0 Å². The molecule has 3 aromatic carbocycles. The summed E-state index contributed by atoms with van der Waals surface area (Å²) < 4.78 is 46.3. The molecule has 0 unspecified atom stereocenters. The molecule has 0 bridgehead atoms. The molecule has 32 heavy (non-hydrogen) atoms. The molecule has 0 aliphatic heterocycles. The van der Waals surface area contributed by atoms with Crippen LogP contribution >= 0.6 is 11.6 Å². The zero-order valence-electron chi connectivity index (χ0n) is 17.8. The van der Waals surface area contributed by atoms with Gasteiger partial charge < -0.3 is 4.74 Å². The number of nitrogens with zero attached hydrogens (tertiary/aromatic N) is 2. The molecule has 4 rings (SSSR count). The number of halogens is 2. The summed E-state index contributed by atoms with van der Waals surface area (Å²) in [4.78, 5) is 4.63. The monoisotopic (exact) mass is 472 g/mol. The van der Waals surface area contributed by atoms with E-state index in [0.29, 0.717) is 16.3 Å². The fourth-order valence-corrected chi connectivity index (χ4v) is 4.64. The van der Waals surface area contributed by atoms with Gasteiger partial charge in [-0.2, -0.15) is 0 Å². The number of para-hydroxylation sites is 1. The molecule has 166 valence electrons. The van der Waals surface area contributed by atoms with Crippen molar-refractivity contribution in [2.45, 2.75) is 31.6 Å². The van der Waals surface area contributed by atoms with Gasteiger partial charge in [0.15, 0.2) is 9.84 Å². The minimum Gasteiger partial charge on any atom is -0.457 e. The number of sulfone groups is 1. The second-order valence-corrected chi connectivity index (χ2v) is 10.4. The standard InChI is InChI=1S/C24H22ClFN2O3S/c1-4-32(29,30)20-12-16(26)11-19(14-20)31-18-8-5-7-17(13-18)28-22-10-6-9-21(25)23(22)27-24(28)15(2)3/h5-15H,4H2,1-3H3. The minimum atomic E-state index is -3.57. The molecule has 0 aliphatic rings. The van der Waals surface area contributed by atoms with Crippen molar-refractivity contribution in [3.8, 4) is 17.2 Å². The molecule has 1 heterocycles.